The van der Waals surface area contributed by atoms with Gasteiger partial charge in [-0.2, -0.15) is 18.2 Å². The fourth-order valence-corrected chi connectivity index (χ4v) is 2.66. The topological polar surface area (TPSA) is 80.4 Å². The highest BCUT2D eigenvalue weighted by Gasteiger charge is 2.54. The van der Waals surface area contributed by atoms with Gasteiger partial charge < -0.3 is 11.1 Å². The number of nitrogens with zero attached hydrogens (tertiary/aromatic N) is 2. The van der Waals surface area contributed by atoms with E-state index in [1.807, 2.05) is 0 Å². The number of hydrogen-bond acceptors (Lipinski definition) is 3. The van der Waals surface area contributed by atoms with Gasteiger partial charge in [-0.1, -0.05) is 0 Å². The molecule has 146 valence electrons. The average molecular weight is 392 g/mol. The van der Waals surface area contributed by atoms with Crippen LogP contribution in [-0.2, 0) is 16.4 Å². The van der Waals surface area contributed by atoms with E-state index in [-0.39, 0.29) is 11.5 Å². The number of alkyl halides is 3. The third-order valence-corrected chi connectivity index (χ3v) is 4.32. The minimum absolute atomic E-state index is 0.0587. The number of nitrogens with one attached hydrogen (secondary N) is 1. The lowest BCUT2D eigenvalue weighted by Gasteiger charge is -2.11. The summed E-state index contributed by atoms with van der Waals surface area (Å²) in [6.45, 7) is 0. The quantitative estimate of drug-likeness (QED) is 0.461. The summed E-state index contributed by atoms with van der Waals surface area (Å²) in [5.74, 6) is -1.27. The van der Waals surface area contributed by atoms with Gasteiger partial charge in [-0.3, -0.25) is 9.78 Å². The molecular weight excluding hydrogens is 376 g/mol. The maximum atomic E-state index is 13.9. The van der Waals surface area contributed by atoms with Crippen molar-refractivity contribution in [2.45, 2.75) is 24.4 Å². The second-order valence-corrected chi connectivity index (χ2v) is 6.31. The van der Waals surface area contributed by atoms with Gasteiger partial charge in [-0.25, -0.2) is 4.39 Å². The molecule has 0 unspecified atom stereocenters. The minimum Gasteiger partial charge on any atom is -0.384 e. The van der Waals surface area contributed by atoms with E-state index in [9.17, 15) is 22.4 Å². The van der Waals surface area contributed by atoms with Crippen molar-refractivity contribution < 1.29 is 22.4 Å². The lowest BCUT2D eigenvalue weighted by atomic mass is 10.0. The van der Waals surface area contributed by atoms with Crippen LogP contribution in [0, 0.1) is 5.82 Å². The Balaban J connectivity index is 1.64. The number of amidine groups is 1. The third-order valence-electron chi connectivity index (χ3n) is 4.32. The molecule has 28 heavy (non-hydrogen) atoms. The number of amides is 1. The molecule has 0 aliphatic heterocycles. The number of halogens is 4. The molecule has 1 aromatic heterocycles. The Morgan fingerprint density at radius 3 is 2.46 bits per heavy atom. The van der Waals surface area contributed by atoms with Gasteiger partial charge in [-0.15, -0.1) is 0 Å². The minimum atomic E-state index is -4.41. The van der Waals surface area contributed by atoms with Crippen LogP contribution in [0.15, 0.2) is 59.9 Å². The van der Waals surface area contributed by atoms with Crippen LogP contribution in [-0.4, -0.2) is 16.7 Å². The Labute approximate surface area is 158 Å². The zero-order valence-corrected chi connectivity index (χ0v) is 14.5. The molecule has 0 bridgehead atoms. The molecule has 9 heteroatoms. The Kier molecular flexibility index (Phi) is 5.17. The second-order valence-electron chi connectivity index (χ2n) is 6.31. The number of anilines is 1. The van der Waals surface area contributed by atoms with Gasteiger partial charge in [0.1, 0.15) is 11.7 Å². The molecule has 1 aromatic carbocycles. The SMILES string of the molecule is NC(/C=C\Nc1ccc(C(F)(F)F)cc1)=NC(=O)C1(c2ncccc2F)CC1. The fourth-order valence-electron chi connectivity index (χ4n) is 2.66. The molecule has 5 nitrogen and oxygen atoms in total. The summed E-state index contributed by atoms with van der Waals surface area (Å²) >= 11 is 0. The molecule has 1 saturated carbocycles. The van der Waals surface area contributed by atoms with E-state index in [2.05, 4.69) is 15.3 Å². The summed E-state index contributed by atoms with van der Waals surface area (Å²) < 4.78 is 51.5. The number of carbonyl (C=O) groups excluding carboxylic acids is 1. The van der Waals surface area contributed by atoms with Crippen molar-refractivity contribution in [3.05, 3.63) is 71.9 Å². The molecule has 3 rings (SSSR count). The maximum Gasteiger partial charge on any atom is 0.416 e. The van der Waals surface area contributed by atoms with E-state index in [1.54, 1.807) is 0 Å². The van der Waals surface area contributed by atoms with Gasteiger partial charge in [0.15, 0.2) is 0 Å². The number of nitrogens with two attached hydrogens (primary N) is 1. The number of benzene rings is 1. The normalized spacial score (nSPS) is 16.2. The molecule has 1 aliphatic carbocycles. The van der Waals surface area contributed by atoms with Crippen LogP contribution in [0.25, 0.3) is 0 Å². The van der Waals surface area contributed by atoms with Crippen molar-refractivity contribution in [3.63, 3.8) is 0 Å². The summed E-state index contributed by atoms with van der Waals surface area (Å²) in [5, 5.41) is 2.73. The van der Waals surface area contributed by atoms with Gasteiger partial charge in [0.05, 0.1) is 16.7 Å². The van der Waals surface area contributed by atoms with Gasteiger partial charge in [0.25, 0.3) is 5.91 Å². The van der Waals surface area contributed by atoms with Crippen LogP contribution < -0.4 is 11.1 Å². The summed E-state index contributed by atoms with van der Waals surface area (Å²) in [4.78, 5) is 20.2. The van der Waals surface area contributed by atoms with Crippen LogP contribution in [0.1, 0.15) is 24.1 Å². The van der Waals surface area contributed by atoms with Gasteiger partial charge in [0.2, 0.25) is 0 Å². The molecule has 2 aromatic rings. The first-order valence-corrected chi connectivity index (χ1v) is 8.32. The molecule has 0 spiro atoms. The largest absolute Gasteiger partial charge is 0.416 e. The molecule has 1 fully saturated rings. The average Bonchev–Trinajstić information content (AvgIpc) is 3.43. The van der Waals surface area contributed by atoms with E-state index in [0.717, 1.165) is 12.1 Å². The molecule has 0 atom stereocenters. The summed E-state index contributed by atoms with van der Waals surface area (Å²) in [6, 6.07) is 7.07. The number of rotatable bonds is 5. The van der Waals surface area contributed by atoms with E-state index in [4.69, 9.17) is 5.73 Å². The van der Waals surface area contributed by atoms with Gasteiger partial charge >= 0.3 is 6.18 Å². The summed E-state index contributed by atoms with van der Waals surface area (Å²) in [7, 11) is 0. The summed E-state index contributed by atoms with van der Waals surface area (Å²) in [6.07, 6.45) is 0.509. The van der Waals surface area contributed by atoms with Crippen LogP contribution >= 0.6 is 0 Å². The zero-order chi connectivity index (χ0) is 20.4. The molecule has 3 N–H and O–H groups in total. The first-order chi connectivity index (χ1) is 13.2. The van der Waals surface area contributed by atoms with E-state index < -0.39 is 28.9 Å². The smallest absolute Gasteiger partial charge is 0.384 e. The number of pyridine rings is 1. The first kappa shape index (κ1) is 19.5. The summed E-state index contributed by atoms with van der Waals surface area (Å²) in [5.41, 5.74) is 4.32. The van der Waals surface area contributed by atoms with E-state index in [1.165, 1.54) is 42.7 Å². The molecular formula is C19H16F4N4O. The standard InChI is InChI=1S/C19H16F4N4O/c20-14-2-1-10-26-16(14)18(8-9-18)17(28)27-15(24)7-11-25-13-5-3-12(4-6-13)19(21,22)23/h1-7,10-11,25H,8-9H2,(H2,24,27,28)/b11-7-. The van der Waals surface area contributed by atoms with Crippen molar-refractivity contribution in [2.24, 2.45) is 10.7 Å². The Bertz CT molecular complexity index is 932. The highest BCUT2D eigenvalue weighted by atomic mass is 19.4. The fraction of sp³-hybridized carbons (Fsp3) is 0.211. The van der Waals surface area contributed by atoms with E-state index >= 15 is 0 Å². The van der Waals surface area contributed by atoms with Crippen LogP contribution in [0.4, 0.5) is 23.2 Å². The Morgan fingerprint density at radius 2 is 1.89 bits per heavy atom. The number of carbonyl (C=O) groups is 1. The first-order valence-electron chi connectivity index (χ1n) is 8.32. The van der Waals surface area contributed by atoms with Crippen LogP contribution in [0.3, 0.4) is 0 Å². The van der Waals surface area contributed by atoms with Gasteiger partial charge in [0, 0.05) is 18.1 Å². The Hall–Kier alpha value is -3.23. The van der Waals surface area contributed by atoms with Crippen LogP contribution in [0.5, 0.6) is 0 Å². The monoisotopic (exact) mass is 392 g/mol. The van der Waals surface area contributed by atoms with E-state index in [0.29, 0.717) is 18.5 Å². The number of aliphatic imine (C=N–C) groups is 1. The van der Waals surface area contributed by atoms with Crippen molar-refractivity contribution in [2.75, 3.05) is 5.32 Å². The highest BCUT2D eigenvalue weighted by Crippen LogP contribution is 2.49. The molecule has 1 aliphatic rings. The van der Waals surface area contributed by atoms with Crippen molar-refractivity contribution in [1.82, 2.24) is 4.98 Å². The number of aromatic nitrogens is 1. The Morgan fingerprint density at radius 1 is 1.21 bits per heavy atom. The second kappa shape index (κ2) is 7.41. The third kappa shape index (κ3) is 4.19. The predicted molar refractivity (Wildman–Crippen MR) is 95.9 cm³/mol. The highest BCUT2D eigenvalue weighted by molar-refractivity contribution is 6.04. The van der Waals surface area contributed by atoms with Crippen LogP contribution in [0.2, 0.25) is 0 Å². The van der Waals surface area contributed by atoms with Gasteiger partial charge in [-0.05, 0) is 55.3 Å². The molecule has 0 radical (unpaired) electrons. The van der Waals surface area contributed by atoms with Crippen molar-refractivity contribution >= 4 is 17.4 Å². The number of hydrogen-bond donors (Lipinski definition) is 2. The molecule has 0 saturated heterocycles. The lowest BCUT2D eigenvalue weighted by Crippen LogP contribution is -2.24. The van der Waals surface area contributed by atoms with Crippen molar-refractivity contribution in [3.8, 4) is 0 Å². The predicted octanol–water partition coefficient (Wildman–Crippen LogP) is 3.78. The lowest BCUT2D eigenvalue weighted by molar-refractivity contribution is -0.137. The zero-order valence-electron chi connectivity index (χ0n) is 14.5. The van der Waals surface area contributed by atoms with Crippen molar-refractivity contribution in [1.29, 1.82) is 0 Å². The maximum absolute atomic E-state index is 13.9. The molecule has 1 heterocycles. The molecule has 1 amide bonds.